The number of urea groups is 1. The first-order valence-corrected chi connectivity index (χ1v) is 5.41. The van der Waals surface area contributed by atoms with Crippen molar-refractivity contribution in [2.75, 3.05) is 31.3 Å². The van der Waals surface area contributed by atoms with E-state index in [9.17, 15) is 4.79 Å². The van der Waals surface area contributed by atoms with Gasteiger partial charge in [0.05, 0.1) is 11.4 Å². The largest absolute Gasteiger partial charge is 0.397 e. The maximum atomic E-state index is 12.0. The van der Waals surface area contributed by atoms with Crippen LogP contribution in [0.1, 0.15) is 13.3 Å². The molecule has 1 rings (SSSR count). The van der Waals surface area contributed by atoms with Crippen molar-refractivity contribution in [3.63, 3.8) is 0 Å². The third-order valence-electron chi connectivity index (χ3n) is 2.29. The van der Waals surface area contributed by atoms with Gasteiger partial charge in [0, 0.05) is 20.6 Å². The van der Waals surface area contributed by atoms with E-state index in [1.54, 1.807) is 30.0 Å². The highest BCUT2D eigenvalue weighted by molar-refractivity contribution is 5.94. The topological polar surface area (TPSA) is 49.6 Å². The summed E-state index contributed by atoms with van der Waals surface area (Å²) in [5.41, 5.74) is 7.29. The van der Waals surface area contributed by atoms with Crippen LogP contribution in [0.4, 0.5) is 16.2 Å². The van der Waals surface area contributed by atoms with Crippen LogP contribution in [0.5, 0.6) is 0 Å². The highest BCUT2D eigenvalue weighted by atomic mass is 16.2. The van der Waals surface area contributed by atoms with Crippen molar-refractivity contribution in [2.45, 2.75) is 13.3 Å². The van der Waals surface area contributed by atoms with Crippen LogP contribution < -0.4 is 10.6 Å². The van der Waals surface area contributed by atoms with E-state index < -0.39 is 0 Å². The van der Waals surface area contributed by atoms with Crippen LogP contribution in [0.25, 0.3) is 0 Å². The second-order valence-electron chi connectivity index (χ2n) is 3.89. The summed E-state index contributed by atoms with van der Waals surface area (Å²) >= 11 is 0. The molecule has 0 saturated heterocycles. The van der Waals surface area contributed by atoms with Gasteiger partial charge in [-0.2, -0.15) is 0 Å². The molecule has 0 aliphatic rings. The summed E-state index contributed by atoms with van der Waals surface area (Å²) in [6.45, 7) is 2.71. The normalized spacial score (nSPS) is 9.94. The van der Waals surface area contributed by atoms with Gasteiger partial charge in [-0.1, -0.05) is 19.1 Å². The number of rotatable bonds is 3. The summed E-state index contributed by atoms with van der Waals surface area (Å²) in [5, 5.41) is 0. The van der Waals surface area contributed by atoms with Gasteiger partial charge in [-0.05, 0) is 18.6 Å². The van der Waals surface area contributed by atoms with Gasteiger partial charge in [0.25, 0.3) is 0 Å². The second kappa shape index (κ2) is 5.39. The molecule has 1 aromatic carbocycles. The Balaban J connectivity index is 3.03. The summed E-state index contributed by atoms with van der Waals surface area (Å²) in [6, 6.07) is 7.38. The van der Waals surface area contributed by atoms with E-state index in [2.05, 4.69) is 0 Å². The molecule has 0 saturated carbocycles. The van der Waals surface area contributed by atoms with Crippen molar-refractivity contribution in [3.8, 4) is 0 Å². The number of para-hydroxylation sites is 2. The molecule has 0 atom stereocenters. The minimum Gasteiger partial charge on any atom is -0.397 e. The van der Waals surface area contributed by atoms with Crippen molar-refractivity contribution in [1.29, 1.82) is 0 Å². The van der Waals surface area contributed by atoms with Gasteiger partial charge in [-0.25, -0.2) is 4.79 Å². The molecule has 0 aliphatic carbocycles. The van der Waals surface area contributed by atoms with Crippen LogP contribution in [-0.2, 0) is 0 Å². The molecule has 0 heterocycles. The quantitative estimate of drug-likeness (QED) is 0.795. The summed E-state index contributed by atoms with van der Waals surface area (Å²) in [4.78, 5) is 15.2. The third kappa shape index (κ3) is 2.66. The molecule has 0 radical (unpaired) electrons. The van der Waals surface area contributed by atoms with E-state index in [0.29, 0.717) is 12.2 Å². The Kier molecular flexibility index (Phi) is 4.17. The molecular formula is C12H19N3O. The number of carbonyl (C=O) groups is 1. The molecule has 1 aromatic rings. The van der Waals surface area contributed by atoms with Gasteiger partial charge in [0.2, 0.25) is 0 Å². The van der Waals surface area contributed by atoms with Gasteiger partial charge < -0.3 is 10.6 Å². The molecule has 4 nitrogen and oxygen atoms in total. The Labute approximate surface area is 96.6 Å². The second-order valence-corrected chi connectivity index (χ2v) is 3.89. The van der Waals surface area contributed by atoms with Gasteiger partial charge in [-0.3, -0.25) is 4.90 Å². The number of hydrogen-bond acceptors (Lipinski definition) is 2. The number of hydrogen-bond donors (Lipinski definition) is 1. The highest BCUT2D eigenvalue weighted by Crippen LogP contribution is 2.23. The summed E-state index contributed by atoms with van der Waals surface area (Å²) < 4.78 is 0. The van der Waals surface area contributed by atoms with Crippen molar-refractivity contribution in [3.05, 3.63) is 24.3 Å². The Morgan fingerprint density at radius 2 is 1.94 bits per heavy atom. The van der Waals surface area contributed by atoms with Crippen LogP contribution >= 0.6 is 0 Å². The molecule has 2 N–H and O–H groups in total. The standard InChI is InChI=1S/C12H19N3O/c1-4-9-15(12(16)14(2)3)11-8-6-5-7-10(11)13/h5-8H,4,9,13H2,1-3H3. The molecule has 0 bridgehead atoms. The van der Waals surface area contributed by atoms with Gasteiger partial charge in [0.1, 0.15) is 0 Å². The minimum atomic E-state index is -0.0419. The predicted molar refractivity (Wildman–Crippen MR) is 67.6 cm³/mol. The molecule has 0 aliphatic heterocycles. The fraction of sp³-hybridized carbons (Fsp3) is 0.417. The molecule has 2 amide bonds. The molecule has 0 spiro atoms. The Hall–Kier alpha value is -1.71. The maximum Gasteiger partial charge on any atom is 0.324 e. The predicted octanol–water partition coefficient (Wildman–Crippen LogP) is 2.17. The SMILES string of the molecule is CCCN(C(=O)N(C)C)c1ccccc1N. The fourth-order valence-corrected chi connectivity index (χ4v) is 1.52. The van der Waals surface area contributed by atoms with Crippen LogP contribution in [0.2, 0.25) is 0 Å². The van der Waals surface area contributed by atoms with E-state index in [4.69, 9.17) is 5.73 Å². The lowest BCUT2D eigenvalue weighted by Gasteiger charge is -2.26. The smallest absolute Gasteiger partial charge is 0.324 e. The molecule has 4 heteroatoms. The van der Waals surface area contributed by atoms with Gasteiger partial charge in [-0.15, -0.1) is 0 Å². The van der Waals surface area contributed by atoms with Gasteiger partial charge in [0.15, 0.2) is 0 Å². The number of nitrogen functional groups attached to an aromatic ring is 1. The zero-order chi connectivity index (χ0) is 12.1. The summed E-state index contributed by atoms with van der Waals surface area (Å²) in [5.74, 6) is 0. The molecular weight excluding hydrogens is 202 g/mol. The minimum absolute atomic E-state index is 0.0419. The van der Waals surface area contributed by atoms with Crippen molar-refractivity contribution in [2.24, 2.45) is 0 Å². The number of amides is 2. The lowest BCUT2D eigenvalue weighted by atomic mass is 10.2. The lowest BCUT2D eigenvalue weighted by molar-refractivity contribution is 0.224. The first kappa shape index (κ1) is 12.4. The zero-order valence-corrected chi connectivity index (χ0v) is 10.1. The maximum absolute atomic E-state index is 12.0. The lowest BCUT2D eigenvalue weighted by Crippen LogP contribution is -2.40. The average molecular weight is 221 g/mol. The van der Waals surface area contributed by atoms with Crippen LogP contribution in [0, 0.1) is 0 Å². The Morgan fingerprint density at radius 1 is 1.31 bits per heavy atom. The number of nitrogens with zero attached hydrogens (tertiary/aromatic N) is 2. The zero-order valence-electron chi connectivity index (χ0n) is 10.1. The van der Waals surface area contributed by atoms with Crippen molar-refractivity contribution >= 4 is 17.4 Å². The van der Waals surface area contributed by atoms with E-state index in [0.717, 1.165) is 12.1 Å². The Morgan fingerprint density at radius 3 is 2.44 bits per heavy atom. The number of anilines is 2. The molecule has 0 unspecified atom stereocenters. The van der Waals surface area contributed by atoms with Crippen LogP contribution in [0.3, 0.4) is 0 Å². The van der Waals surface area contributed by atoms with Crippen LogP contribution in [0.15, 0.2) is 24.3 Å². The van der Waals surface area contributed by atoms with E-state index in [1.165, 1.54) is 0 Å². The average Bonchev–Trinajstić information content (AvgIpc) is 2.26. The summed E-state index contributed by atoms with van der Waals surface area (Å²) in [7, 11) is 3.48. The fourth-order valence-electron chi connectivity index (χ4n) is 1.52. The van der Waals surface area contributed by atoms with Crippen LogP contribution in [-0.4, -0.2) is 31.6 Å². The van der Waals surface area contributed by atoms with E-state index in [1.807, 2.05) is 25.1 Å². The van der Waals surface area contributed by atoms with E-state index in [-0.39, 0.29) is 6.03 Å². The first-order chi connectivity index (χ1) is 7.57. The van der Waals surface area contributed by atoms with Gasteiger partial charge >= 0.3 is 6.03 Å². The molecule has 0 fully saturated rings. The monoisotopic (exact) mass is 221 g/mol. The Bertz CT molecular complexity index is 363. The van der Waals surface area contributed by atoms with Crippen molar-refractivity contribution < 1.29 is 4.79 Å². The molecule has 0 aromatic heterocycles. The van der Waals surface area contributed by atoms with E-state index >= 15 is 0 Å². The molecule has 16 heavy (non-hydrogen) atoms. The number of benzene rings is 1. The third-order valence-corrected chi connectivity index (χ3v) is 2.29. The van der Waals surface area contributed by atoms with Crippen molar-refractivity contribution in [1.82, 2.24) is 4.90 Å². The number of carbonyl (C=O) groups excluding carboxylic acids is 1. The number of nitrogens with two attached hydrogens (primary N) is 1. The highest BCUT2D eigenvalue weighted by Gasteiger charge is 2.18. The first-order valence-electron chi connectivity index (χ1n) is 5.41. The molecule has 88 valence electrons. The summed E-state index contributed by atoms with van der Waals surface area (Å²) in [6.07, 6.45) is 0.897.